The van der Waals surface area contributed by atoms with E-state index in [0.29, 0.717) is 0 Å². The first-order chi connectivity index (χ1) is 8.97. The van der Waals surface area contributed by atoms with Gasteiger partial charge in [0.25, 0.3) is 0 Å². The maximum absolute atomic E-state index is 6.26. The molecule has 0 fully saturated rings. The molecule has 0 aromatic heterocycles. The Morgan fingerprint density at radius 1 is 1.16 bits per heavy atom. The number of benzene rings is 2. The fourth-order valence-corrected chi connectivity index (χ4v) is 3.63. The van der Waals surface area contributed by atoms with Crippen LogP contribution in [0, 0.1) is 3.57 Å². The Balaban J connectivity index is 2.23. The Hall–Kier alpha value is 0.0300. The summed E-state index contributed by atoms with van der Waals surface area (Å²) in [6, 6.07) is 11.8. The lowest BCUT2D eigenvalue weighted by Gasteiger charge is -2.18. The van der Waals surface area contributed by atoms with Crippen LogP contribution in [0.15, 0.2) is 40.9 Å². The summed E-state index contributed by atoms with van der Waals surface area (Å²) in [5.74, 6) is 0. The van der Waals surface area contributed by atoms with Gasteiger partial charge in [-0.1, -0.05) is 45.2 Å². The lowest BCUT2D eigenvalue weighted by Crippen LogP contribution is -2.08. The number of halogens is 4. The van der Waals surface area contributed by atoms with E-state index in [1.165, 1.54) is 0 Å². The number of anilines is 1. The van der Waals surface area contributed by atoms with Crippen LogP contribution in [0.4, 0.5) is 5.69 Å². The summed E-state index contributed by atoms with van der Waals surface area (Å²) in [7, 11) is 0. The fourth-order valence-electron chi connectivity index (χ4n) is 1.77. The van der Waals surface area contributed by atoms with E-state index in [4.69, 9.17) is 23.2 Å². The molecule has 0 amide bonds. The van der Waals surface area contributed by atoms with Crippen LogP contribution in [0.3, 0.4) is 0 Å². The molecule has 1 atom stereocenters. The molecule has 0 spiro atoms. The largest absolute Gasteiger partial charge is 0.378 e. The highest BCUT2D eigenvalue weighted by atomic mass is 127. The van der Waals surface area contributed by atoms with Gasteiger partial charge >= 0.3 is 0 Å². The van der Waals surface area contributed by atoms with E-state index in [1.807, 2.05) is 36.4 Å². The molecule has 1 nitrogen and oxygen atoms in total. The zero-order chi connectivity index (χ0) is 14.0. The Kier molecular flexibility index (Phi) is 5.40. The Morgan fingerprint density at radius 3 is 2.53 bits per heavy atom. The van der Waals surface area contributed by atoms with Crippen molar-refractivity contribution >= 4 is 67.4 Å². The van der Waals surface area contributed by atoms with Crippen molar-refractivity contribution in [3.63, 3.8) is 0 Å². The SMILES string of the molecule is CC(Nc1ccc(Cl)cc1I)c1ccc(Br)cc1Cl. The molecular formula is C14H11BrCl2IN. The molecule has 1 N–H and O–H groups in total. The summed E-state index contributed by atoms with van der Waals surface area (Å²) < 4.78 is 2.07. The second-order valence-electron chi connectivity index (χ2n) is 4.16. The normalized spacial score (nSPS) is 12.3. The Labute approximate surface area is 145 Å². The van der Waals surface area contributed by atoms with Crippen molar-refractivity contribution in [2.75, 3.05) is 5.32 Å². The number of rotatable bonds is 3. The van der Waals surface area contributed by atoms with Crippen molar-refractivity contribution in [2.45, 2.75) is 13.0 Å². The van der Waals surface area contributed by atoms with Crippen molar-refractivity contribution in [1.29, 1.82) is 0 Å². The summed E-state index contributed by atoms with van der Waals surface area (Å²) in [6.07, 6.45) is 0. The number of hydrogen-bond donors (Lipinski definition) is 1. The van der Waals surface area contributed by atoms with Gasteiger partial charge in [-0.05, 0) is 65.4 Å². The number of nitrogens with one attached hydrogen (secondary N) is 1. The van der Waals surface area contributed by atoms with Crippen molar-refractivity contribution in [2.24, 2.45) is 0 Å². The minimum Gasteiger partial charge on any atom is -0.378 e. The van der Waals surface area contributed by atoms with E-state index in [1.54, 1.807) is 0 Å². The minimum atomic E-state index is 0.121. The smallest absolute Gasteiger partial charge is 0.0500 e. The third kappa shape index (κ3) is 4.00. The van der Waals surface area contributed by atoms with Crippen molar-refractivity contribution in [3.05, 3.63) is 60.0 Å². The summed E-state index contributed by atoms with van der Waals surface area (Å²) in [5.41, 5.74) is 2.12. The highest BCUT2D eigenvalue weighted by Gasteiger charge is 2.11. The Morgan fingerprint density at radius 2 is 1.89 bits per heavy atom. The summed E-state index contributed by atoms with van der Waals surface area (Å²) in [4.78, 5) is 0. The quantitative estimate of drug-likeness (QED) is 0.502. The van der Waals surface area contributed by atoms with E-state index in [-0.39, 0.29) is 6.04 Å². The molecule has 0 saturated carbocycles. The predicted octanol–water partition coefficient (Wildman–Crippen LogP) is 6.53. The van der Waals surface area contributed by atoms with E-state index in [9.17, 15) is 0 Å². The van der Waals surface area contributed by atoms with Crippen LogP contribution in [0.1, 0.15) is 18.5 Å². The standard InChI is InChI=1S/C14H11BrCl2IN/c1-8(11-4-2-9(15)6-12(11)17)19-14-5-3-10(16)7-13(14)18/h2-8,19H,1H3. The maximum Gasteiger partial charge on any atom is 0.0500 e. The van der Waals surface area contributed by atoms with Gasteiger partial charge in [0.15, 0.2) is 0 Å². The molecule has 0 heterocycles. The molecule has 1 unspecified atom stereocenters. The molecule has 0 aliphatic heterocycles. The molecule has 100 valence electrons. The average Bonchev–Trinajstić information content (AvgIpc) is 2.32. The van der Waals surface area contributed by atoms with Crippen LogP contribution >= 0.6 is 61.7 Å². The molecule has 2 aromatic rings. The van der Waals surface area contributed by atoms with Gasteiger partial charge in [0.05, 0.1) is 6.04 Å². The molecule has 0 aliphatic rings. The topological polar surface area (TPSA) is 12.0 Å². The second-order valence-corrected chi connectivity index (χ2v) is 7.08. The predicted molar refractivity (Wildman–Crippen MR) is 95.4 cm³/mol. The van der Waals surface area contributed by atoms with Crippen LogP contribution in [0.5, 0.6) is 0 Å². The van der Waals surface area contributed by atoms with Crippen LogP contribution in [-0.2, 0) is 0 Å². The van der Waals surface area contributed by atoms with E-state index >= 15 is 0 Å². The van der Waals surface area contributed by atoms with E-state index < -0.39 is 0 Å². The highest BCUT2D eigenvalue weighted by Crippen LogP contribution is 2.30. The van der Waals surface area contributed by atoms with Crippen LogP contribution in [-0.4, -0.2) is 0 Å². The molecule has 2 aromatic carbocycles. The third-order valence-electron chi connectivity index (χ3n) is 2.73. The van der Waals surface area contributed by atoms with Crippen LogP contribution in [0.2, 0.25) is 10.0 Å². The van der Waals surface area contributed by atoms with Gasteiger partial charge < -0.3 is 5.32 Å². The molecule has 0 aliphatic carbocycles. The van der Waals surface area contributed by atoms with Crippen LogP contribution in [0.25, 0.3) is 0 Å². The monoisotopic (exact) mass is 469 g/mol. The summed E-state index contributed by atoms with van der Waals surface area (Å²) in [6.45, 7) is 2.08. The fraction of sp³-hybridized carbons (Fsp3) is 0.143. The first-order valence-electron chi connectivity index (χ1n) is 5.64. The highest BCUT2D eigenvalue weighted by molar-refractivity contribution is 14.1. The van der Waals surface area contributed by atoms with Gasteiger partial charge in [0, 0.05) is 23.8 Å². The molecule has 19 heavy (non-hydrogen) atoms. The van der Waals surface area contributed by atoms with Gasteiger partial charge in [-0.25, -0.2) is 0 Å². The second kappa shape index (κ2) is 6.66. The minimum absolute atomic E-state index is 0.121. The third-order valence-corrected chi connectivity index (χ3v) is 4.68. The van der Waals surface area contributed by atoms with Gasteiger partial charge in [0.1, 0.15) is 0 Å². The van der Waals surface area contributed by atoms with Crippen LogP contribution < -0.4 is 5.32 Å². The zero-order valence-corrected chi connectivity index (χ0v) is 15.3. The van der Waals surface area contributed by atoms with Gasteiger partial charge in [-0.3, -0.25) is 0 Å². The molecular weight excluding hydrogens is 460 g/mol. The molecule has 0 bridgehead atoms. The lowest BCUT2D eigenvalue weighted by molar-refractivity contribution is 0.883. The zero-order valence-electron chi connectivity index (χ0n) is 10.1. The lowest BCUT2D eigenvalue weighted by atomic mass is 10.1. The molecule has 0 saturated heterocycles. The maximum atomic E-state index is 6.26. The Bertz CT molecular complexity index is 604. The van der Waals surface area contributed by atoms with Crippen molar-refractivity contribution in [3.8, 4) is 0 Å². The van der Waals surface area contributed by atoms with Gasteiger partial charge in [-0.15, -0.1) is 0 Å². The molecule has 5 heteroatoms. The molecule has 0 radical (unpaired) electrons. The van der Waals surface area contributed by atoms with Crippen molar-refractivity contribution in [1.82, 2.24) is 0 Å². The van der Waals surface area contributed by atoms with E-state index in [0.717, 1.165) is 29.3 Å². The average molecular weight is 471 g/mol. The first kappa shape index (κ1) is 15.4. The number of hydrogen-bond acceptors (Lipinski definition) is 1. The van der Waals surface area contributed by atoms with Gasteiger partial charge in [0.2, 0.25) is 0 Å². The summed E-state index contributed by atoms with van der Waals surface area (Å²) in [5, 5.41) is 4.94. The first-order valence-corrected chi connectivity index (χ1v) is 8.26. The molecule has 2 rings (SSSR count). The van der Waals surface area contributed by atoms with E-state index in [2.05, 4.69) is 50.8 Å². The van der Waals surface area contributed by atoms with Crippen molar-refractivity contribution < 1.29 is 0 Å². The summed E-state index contributed by atoms with van der Waals surface area (Å²) >= 11 is 17.9. The van der Waals surface area contributed by atoms with Gasteiger partial charge in [-0.2, -0.15) is 0 Å².